The molecule has 2 N–H and O–H groups in total. The summed E-state index contributed by atoms with van der Waals surface area (Å²) in [6.45, 7) is -0.119. The third-order valence-corrected chi connectivity index (χ3v) is 4.82. The van der Waals surface area contributed by atoms with Crippen molar-refractivity contribution in [1.82, 2.24) is 4.72 Å². The second kappa shape index (κ2) is 8.06. The van der Waals surface area contributed by atoms with Crippen LogP contribution in [0.4, 0.5) is 11.4 Å². The Balaban J connectivity index is 1.89. The van der Waals surface area contributed by atoms with Crippen LogP contribution in [0.15, 0.2) is 53.4 Å². The van der Waals surface area contributed by atoms with Gasteiger partial charge in [0.2, 0.25) is 15.9 Å². The van der Waals surface area contributed by atoms with Gasteiger partial charge in [-0.25, -0.2) is 13.1 Å². The number of benzene rings is 2. The molecule has 0 aromatic heterocycles. The number of carbonyl (C=O) groups excluding carboxylic acids is 1. The maximum Gasteiger partial charge on any atom is 0.269 e. The van der Waals surface area contributed by atoms with E-state index >= 15 is 0 Å². The number of nitro groups is 1. The summed E-state index contributed by atoms with van der Waals surface area (Å²) in [5, 5.41) is 13.6. The van der Waals surface area contributed by atoms with E-state index in [4.69, 9.17) is 11.6 Å². The highest BCUT2D eigenvalue weighted by atomic mass is 35.5. The average Bonchev–Trinajstić information content (AvgIpc) is 2.54. The Hall–Kier alpha value is -2.49. The number of nitrogens with zero attached hydrogens (tertiary/aromatic N) is 1. The number of rotatable bonds is 7. The van der Waals surface area contributed by atoms with Crippen molar-refractivity contribution in [2.75, 3.05) is 11.9 Å². The fraction of sp³-hybridized carbons (Fsp3) is 0.133. The van der Waals surface area contributed by atoms with Crippen molar-refractivity contribution in [2.24, 2.45) is 0 Å². The average molecular weight is 384 g/mol. The molecule has 2 aromatic rings. The topological polar surface area (TPSA) is 118 Å². The maximum atomic E-state index is 12.1. The number of hydrogen-bond acceptors (Lipinski definition) is 5. The van der Waals surface area contributed by atoms with Crippen LogP contribution >= 0.6 is 11.6 Å². The van der Waals surface area contributed by atoms with Gasteiger partial charge in [-0.3, -0.25) is 14.9 Å². The van der Waals surface area contributed by atoms with E-state index in [9.17, 15) is 23.3 Å². The van der Waals surface area contributed by atoms with Crippen molar-refractivity contribution in [3.63, 3.8) is 0 Å². The Morgan fingerprint density at radius 3 is 2.44 bits per heavy atom. The van der Waals surface area contributed by atoms with E-state index in [2.05, 4.69) is 10.0 Å². The van der Waals surface area contributed by atoms with Crippen molar-refractivity contribution >= 4 is 38.9 Å². The second-order valence-corrected chi connectivity index (χ2v) is 7.16. The smallest absolute Gasteiger partial charge is 0.269 e. The Labute approximate surface area is 149 Å². The molecule has 132 valence electrons. The first-order chi connectivity index (χ1) is 11.8. The highest BCUT2D eigenvalue weighted by Gasteiger charge is 2.16. The Morgan fingerprint density at radius 2 is 1.84 bits per heavy atom. The normalized spacial score (nSPS) is 11.1. The standard InChI is InChI=1S/C15H14ClN3O5S/c16-11-2-1-3-12(10-11)18-15(20)8-9-17-25(23,24)14-6-4-13(5-7-14)19(21)22/h1-7,10,17H,8-9H2,(H,18,20). The van der Waals surface area contributed by atoms with Gasteiger partial charge in [-0.2, -0.15) is 0 Å². The molecule has 2 aromatic carbocycles. The van der Waals surface area contributed by atoms with Crippen LogP contribution in [0, 0.1) is 10.1 Å². The molecule has 0 aliphatic rings. The van der Waals surface area contributed by atoms with Gasteiger partial charge in [0.15, 0.2) is 0 Å². The maximum absolute atomic E-state index is 12.1. The quantitative estimate of drug-likeness (QED) is 0.562. The van der Waals surface area contributed by atoms with E-state index in [0.717, 1.165) is 24.3 Å². The van der Waals surface area contributed by atoms with Crippen molar-refractivity contribution in [3.05, 3.63) is 63.7 Å². The molecular formula is C15H14ClN3O5S. The lowest BCUT2D eigenvalue weighted by atomic mass is 10.3. The number of nitrogens with one attached hydrogen (secondary N) is 2. The number of amides is 1. The highest BCUT2D eigenvalue weighted by molar-refractivity contribution is 7.89. The third kappa shape index (κ3) is 5.52. The van der Waals surface area contributed by atoms with Gasteiger partial charge in [-0.15, -0.1) is 0 Å². The second-order valence-electron chi connectivity index (χ2n) is 4.96. The Kier molecular flexibility index (Phi) is 6.07. The summed E-state index contributed by atoms with van der Waals surface area (Å²) < 4.78 is 26.4. The van der Waals surface area contributed by atoms with Gasteiger partial charge >= 0.3 is 0 Å². The summed E-state index contributed by atoms with van der Waals surface area (Å²) in [5.74, 6) is -0.381. The van der Waals surface area contributed by atoms with Crippen molar-refractivity contribution in [2.45, 2.75) is 11.3 Å². The fourth-order valence-electron chi connectivity index (χ4n) is 1.92. The molecule has 0 radical (unpaired) electrons. The number of non-ortho nitro benzene ring substituents is 1. The van der Waals surface area contributed by atoms with Gasteiger partial charge in [-0.05, 0) is 30.3 Å². The molecule has 10 heteroatoms. The van der Waals surface area contributed by atoms with Crippen LogP contribution in [0.25, 0.3) is 0 Å². The van der Waals surface area contributed by atoms with Crippen LogP contribution in [-0.4, -0.2) is 25.8 Å². The predicted octanol–water partition coefficient (Wildman–Crippen LogP) is 2.56. The van der Waals surface area contributed by atoms with Crippen LogP contribution < -0.4 is 10.0 Å². The van der Waals surface area contributed by atoms with Crippen molar-refractivity contribution in [1.29, 1.82) is 0 Å². The van der Waals surface area contributed by atoms with Crippen molar-refractivity contribution in [3.8, 4) is 0 Å². The molecule has 0 aliphatic heterocycles. The molecule has 0 spiro atoms. The zero-order valence-electron chi connectivity index (χ0n) is 12.8. The lowest BCUT2D eigenvalue weighted by Gasteiger charge is -2.08. The summed E-state index contributed by atoms with van der Waals surface area (Å²) in [5.41, 5.74) is 0.301. The van der Waals surface area contributed by atoms with Crippen LogP contribution in [0.1, 0.15) is 6.42 Å². The third-order valence-electron chi connectivity index (χ3n) is 3.11. The van der Waals surface area contributed by atoms with E-state index in [-0.39, 0.29) is 29.5 Å². The fourth-order valence-corrected chi connectivity index (χ4v) is 3.14. The SMILES string of the molecule is O=C(CCNS(=O)(=O)c1ccc([N+](=O)[O-])cc1)Nc1cccc(Cl)c1. The molecule has 0 atom stereocenters. The van der Waals surface area contributed by atoms with Gasteiger partial charge in [0.25, 0.3) is 5.69 Å². The van der Waals surface area contributed by atoms with Crippen LogP contribution in [0.5, 0.6) is 0 Å². The molecule has 0 bridgehead atoms. The molecule has 8 nitrogen and oxygen atoms in total. The number of carbonyl (C=O) groups is 1. The molecule has 1 amide bonds. The Bertz CT molecular complexity index is 884. The molecule has 0 unspecified atom stereocenters. The lowest BCUT2D eigenvalue weighted by molar-refractivity contribution is -0.384. The largest absolute Gasteiger partial charge is 0.326 e. The summed E-state index contributed by atoms with van der Waals surface area (Å²) in [4.78, 5) is 21.6. The van der Waals surface area contributed by atoms with E-state index < -0.39 is 14.9 Å². The van der Waals surface area contributed by atoms with Crippen molar-refractivity contribution < 1.29 is 18.1 Å². The van der Waals surface area contributed by atoms with E-state index in [1.165, 1.54) is 0 Å². The number of hydrogen-bond donors (Lipinski definition) is 2. The zero-order chi connectivity index (χ0) is 18.4. The van der Waals surface area contributed by atoms with E-state index in [1.54, 1.807) is 24.3 Å². The van der Waals surface area contributed by atoms with Crippen LogP contribution in [-0.2, 0) is 14.8 Å². The van der Waals surface area contributed by atoms with Gasteiger partial charge in [-0.1, -0.05) is 17.7 Å². The first-order valence-electron chi connectivity index (χ1n) is 7.07. The minimum Gasteiger partial charge on any atom is -0.326 e. The first kappa shape index (κ1) is 18.8. The lowest BCUT2D eigenvalue weighted by Crippen LogP contribution is -2.27. The molecule has 0 heterocycles. The molecular weight excluding hydrogens is 370 g/mol. The number of sulfonamides is 1. The predicted molar refractivity (Wildman–Crippen MR) is 93.0 cm³/mol. The molecule has 0 saturated heterocycles. The highest BCUT2D eigenvalue weighted by Crippen LogP contribution is 2.16. The first-order valence-corrected chi connectivity index (χ1v) is 8.93. The minimum atomic E-state index is -3.85. The van der Waals surface area contributed by atoms with Crippen LogP contribution in [0.3, 0.4) is 0 Å². The monoisotopic (exact) mass is 383 g/mol. The Morgan fingerprint density at radius 1 is 1.16 bits per heavy atom. The molecule has 0 saturated carbocycles. The van der Waals surface area contributed by atoms with Gasteiger partial charge in [0.05, 0.1) is 9.82 Å². The van der Waals surface area contributed by atoms with Gasteiger partial charge in [0, 0.05) is 35.8 Å². The molecule has 0 aliphatic carbocycles. The number of anilines is 1. The summed E-state index contributed by atoms with van der Waals surface area (Å²) >= 11 is 5.81. The number of nitro benzene ring substituents is 1. The summed E-state index contributed by atoms with van der Waals surface area (Å²) in [6, 6.07) is 11.0. The number of halogens is 1. The summed E-state index contributed by atoms with van der Waals surface area (Å²) in [6.07, 6.45) is -0.0846. The van der Waals surface area contributed by atoms with Gasteiger partial charge in [0.1, 0.15) is 0 Å². The van der Waals surface area contributed by atoms with E-state index in [0.29, 0.717) is 10.7 Å². The molecule has 25 heavy (non-hydrogen) atoms. The van der Waals surface area contributed by atoms with Gasteiger partial charge < -0.3 is 5.32 Å². The molecule has 0 fully saturated rings. The zero-order valence-corrected chi connectivity index (χ0v) is 14.4. The molecule has 2 rings (SSSR count). The van der Waals surface area contributed by atoms with E-state index in [1.807, 2.05) is 0 Å². The van der Waals surface area contributed by atoms with Crippen LogP contribution in [0.2, 0.25) is 5.02 Å². The summed E-state index contributed by atoms with van der Waals surface area (Å²) in [7, 11) is -3.85. The minimum absolute atomic E-state index is 0.0846.